The normalized spacial score (nSPS) is 11.3. The zero-order chi connectivity index (χ0) is 12.9. The van der Waals surface area contributed by atoms with Crippen LogP contribution in [0.2, 0.25) is 0 Å². The van der Waals surface area contributed by atoms with E-state index in [2.05, 4.69) is 23.1 Å². The largest absolute Gasteiger partial charge is 0.250 e. The van der Waals surface area contributed by atoms with Gasteiger partial charge in [0.05, 0.1) is 27.5 Å². The predicted octanol–water partition coefficient (Wildman–Crippen LogP) is 3.02. The fourth-order valence-electron chi connectivity index (χ4n) is 2.32. The van der Waals surface area contributed by atoms with Crippen LogP contribution in [0, 0.1) is 20.8 Å². The summed E-state index contributed by atoms with van der Waals surface area (Å²) in [5, 5.41) is 5.59. The van der Waals surface area contributed by atoms with Crippen LogP contribution in [-0.4, -0.2) is 19.7 Å². The van der Waals surface area contributed by atoms with Gasteiger partial charge in [0.25, 0.3) is 0 Å². The lowest BCUT2D eigenvalue weighted by Crippen LogP contribution is -1.94. The van der Waals surface area contributed by atoms with Gasteiger partial charge in [-0.2, -0.15) is 5.10 Å². The number of aromatic nitrogens is 4. The molecule has 0 aliphatic heterocycles. The topological polar surface area (TPSA) is 43.6 Å². The van der Waals surface area contributed by atoms with Gasteiger partial charge in [-0.05, 0) is 32.4 Å². The molecule has 0 radical (unpaired) electrons. The summed E-state index contributed by atoms with van der Waals surface area (Å²) in [7, 11) is 1.94. The van der Waals surface area contributed by atoms with E-state index < -0.39 is 0 Å². The minimum atomic E-state index is 0.940. The average Bonchev–Trinajstić information content (AvgIpc) is 2.84. The van der Waals surface area contributed by atoms with E-state index in [9.17, 15) is 0 Å². The number of hydrogen-bond donors (Lipinski definition) is 0. The van der Waals surface area contributed by atoms with Gasteiger partial charge in [-0.3, -0.25) is 4.68 Å². The highest BCUT2D eigenvalue weighted by Crippen LogP contribution is 2.30. The number of hydrogen-bond acceptors (Lipinski definition) is 4. The molecule has 0 atom stereocenters. The molecule has 0 amide bonds. The Hall–Kier alpha value is -1.75. The molecule has 0 aliphatic rings. The number of aryl methyl sites for hydroxylation is 4. The van der Waals surface area contributed by atoms with Crippen LogP contribution < -0.4 is 0 Å². The summed E-state index contributed by atoms with van der Waals surface area (Å²) < 4.78 is 1.84. The third-order valence-corrected chi connectivity index (χ3v) is 4.10. The van der Waals surface area contributed by atoms with Crippen LogP contribution in [0.25, 0.3) is 21.6 Å². The molecule has 4 nitrogen and oxygen atoms in total. The highest BCUT2D eigenvalue weighted by atomic mass is 32.1. The maximum atomic E-state index is 4.73. The Morgan fingerprint density at radius 3 is 2.61 bits per heavy atom. The molecule has 0 saturated heterocycles. The first-order valence-corrected chi connectivity index (χ1v) is 6.67. The number of pyridine rings is 1. The van der Waals surface area contributed by atoms with E-state index in [-0.39, 0.29) is 0 Å². The van der Waals surface area contributed by atoms with Gasteiger partial charge in [-0.15, -0.1) is 11.3 Å². The molecule has 0 aromatic carbocycles. The average molecular weight is 258 g/mol. The van der Waals surface area contributed by atoms with E-state index >= 15 is 0 Å². The van der Waals surface area contributed by atoms with Crippen LogP contribution in [0.4, 0.5) is 0 Å². The van der Waals surface area contributed by atoms with E-state index in [1.54, 1.807) is 11.3 Å². The Kier molecular flexibility index (Phi) is 2.45. The third-order valence-electron chi connectivity index (χ3n) is 3.14. The minimum absolute atomic E-state index is 0.940. The van der Waals surface area contributed by atoms with Crippen molar-refractivity contribution in [3.05, 3.63) is 28.5 Å². The van der Waals surface area contributed by atoms with Gasteiger partial charge in [-0.1, -0.05) is 0 Å². The number of fused-ring (bicyclic) bond motifs is 1. The highest BCUT2D eigenvalue weighted by molar-refractivity contribution is 7.13. The number of nitrogens with zero attached hydrogens (tertiary/aromatic N) is 4. The van der Waals surface area contributed by atoms with Crippen molar-refractivity contribution in [1.29, 1.82) is 0 Å². The van der Waals surface area contributed by atoms with Crippen LogP contribution in [0.1, 0.15) is 17.0 Å². The summed E-state index contributed by atoms with van der Waals surface area (Å²) in [4.78, 5) is 10.2. The van der Waals surface area contributed by atoms with Crippen molar-refractivity contribution in [2.45, 2.75) is 20.8 Å². The molecular formula is C13H14N4S. The van der Waals surface area contributed by atoms with Crippen molar-refractivity contribution in [3.8, 4) is 10.6 Å². The molecule has 3 rings (SSSR count). The molecule has 3 heterocycles. The van der Waals surface area contributed by atoms with Crippen LogP contribution in [0.5, 0.6) is 0 Å². The zero-order valence-corrected chi connectivity index (χ0v) is 11.7. The van der Waals surface area contributed by atoms with Gasteiger partial charge in [0.1, 0.15) is 0 Å². The first kappa shape index (κ1) is 11.3. The van der Waals surface area contributed by atoms with E-state index in [0.717, 1.165) is 33.0 Å². The molecule has 3 aromatic rings. The molecule has 0 unspecified atom stereocenters. The monoisotopic (exact) mass is 258 g/mol. The van der Waals surface area contributed by atoms with Crippen LogP contribution in [0.3, 0.4) is 0 Å². The maximum Gasteiger partial charge on any atom is 0.158 e. The Balaban J connectivity index is 2.34. The first-order valence-electron chi connectivity index (χ1n) is 5.79. The summed E-state index contributed by atoms with van der Waals surface area (Å²) in [5.74, 6) is 0. The Bertz CT molecular complexity index is 739. The van der Waals surface area contributed by atoms with Crippen molar-refractivity contribution < 1.29 is 0 Å². The molecular weight excluding hydrogens is 244 g/mol. The van der Waals surface area contributed by atoms with E-state index in [1.165, 1.54) is 5.56 Å². The van der Waals surface area contributed by atoms with Gasteiger partial charge in [0.2, 0.25) is 0 Å². The first-order chi connectivity index (χ1) is 8.58. The second-order valence-electron chi connectivity index (χ2n) is 4.50. The summed E-state index contributed by atoms with van der Waals surface area (Å²) in [6.07, 6.45) is 0. The van der Waals surface area contributed by atoms with Crippen LogP contribution >= 0.6 is 11.3 Å². The second kappa shape index (κ2) is 3.88. The van der Waals surface area contributed by atoms with E-state index in [1.807, 2.05) is 31.1 Å². The lowest BCUT2D eigenvalue weighted by molar-refractivity contribution is 0.774. The Morgan fingerprint density at radius 1 is 1.17 bits per heavy atom. The molecule has 0 N–H and O–H groups in total. The molecule has 0 spiro atoms. The summed E-state index contributed by atoms with van der Waals surface area (Å²) >= 11 is 1.63. The van der Waals surface area contributed by atoms with Crippen molar-refractivity contribution in [2.24, 2.45) is 7.05 Å². The van der Waals surface area contributed by atoms with Gasteiger partial charge in [-0.25, -0.2) is 9.97 Å². The van der Waals surface area contributed by atoms with Crippen molar-refractivity contribution >= 4 is 22.4 Å². The van der Waals surface area contributed by atoms with E-state index in [0.29, 0.717) is 0 Å². The predicted molar refractivity (Wildman–Crippen MR) is 73.8 cm³/mol. The molecule has 0 bridgehead atoms. The minimum Gasteiger partial charge on any atom is -0.250 e. The summed E-state index contributed by atoms with van der Waals surface area (Å²) in [6, 6.07) is 2.12. The fourth-order valence-corrected chi connectivity index (χ4v) is 3.09. The molecule has 18 heavy (non-hydrogen) atoms. The fraction of sp³-hybridized carbons (Fsp3) is 0.308. The van der Waals surface area contributed by atoms with Crippen molar-refractivity contribution in [3.63, 3.8) is 0 Å². The molecule has 0 fully saturated rings. The third kappa shape index (κ3) is 1.54. The van der Waals surface area contributed by atoms with Crippen molar-refractivity contribution in [1.82, 2.24) is 19.7 Å². The van der Waals surface area contributed by atoms with Crippen LogP contribution in [0.15, 0.2) is 11.6 Å². The SMILES string of the molecule is Cc1ncsc1-c1cc(C)c2c(C)nn(C)c2n1. The van der Waals surface area contributed by atoms with Crippen LogP contribution in [-0.2, 0) is 7.05 Å². The molecule has 5 heteroatoms. The van der Waals surface area contributed by atoms with Gasteiger partial charge in [0.15, 0.2) is 5.65 Å². The maximum absolute atomic E-state index is 4.73. The smallest absolute Gasteiger partial charge is 0.158 e. The van der Waals surface area contributed by atoms with Crippen molar-refractivity contribution in [2.75, 3.05) is 0 Å². The number of rotatable bonds is 1. The summed E-state index contributed by atoms with van der Waals surface area (Å²) in [5.41, 5.74) is 7.07. The Morgan fingerprint density at radius 2 is 1.94 bits per heavy atom. The molecule has 0 aliphatic carbocycles. The standard InChI is InChI=1S/C13H14N4S/c1-7-5-10(12-9(3)14-6-18-12)15-13-11(7)8(2)16-17(13)4/h5-6H,1-4H3. The lowest BCUT2D eigenvalue weighted by atomic mass is 10.1. The molecule has 3 aromatic heterocycles. The van der Waals surface area contributed by atoms with Gasteiger partial charge < -0.3 is 0 Å². The van der Waals surface area contributed by atoms with Gasteiger partial charge >= 0.3 is 0 Å². The summed E-state index contributed by atoms with van der Waals surface area (Å²) in [6.45, 7) is 6.15. The second-order valence-corrected chi connectivity index (χ2v) is 5.35. The lowest BCUT2D eigenvalue weighted by Gasteiger charge is -2.03. The molecule has 92 valence electrons. The quantitative estimate of drug-likeness (QED) is 0.674. The number of thiazole rings is 1. The van der Waals surface area contributed by atoms with E-state index in [4.69, 9.17) is 4.98 Å². The zero-order valence-electron chi connectivity index (χ0n) is 10.9. The highest BCUT2D eigenvalue weighted by Gasteiger charge is 2.13. The Labute approximate surface area is 109 Å². The van der Waals surface area contributed by atoms with Gasteiger partial charge in [0, 0.05) is 12.4 Å². The molecule has 0 saturated carbocycles.